The lowest BCUT2D eigenvalue weighted by Crippen LogP contribution is -2.45. The number of hydrogen-bond donors (Lipinski definition) is 1. The van der Waals surface area contributed by atoms with Crippen molar-refractivity contribution in [1.82, 2.24) is 0 Å². The Bertz CT molecular complexity index is 483. The summed E-state index contributed by atoms with van der Waals surface area (Å²) in [5, 5.41) is 9.15. The van der Waals surface area contributed by atoms with E-state index >= 15 is 0 Å². The first-order valence-corrected chi connectivity index (χ1v) is 7.41. The quantitative estimate of drug-likeness (QED) is 0.871. The lowest BCUT2D eigenvalue weighted by atomic mass is 10.0. The highest BCUT2D eigenvalue weighted by atomic mass is 32.2. The van der Waals surface area contributed by atoms with Crippen LogP contribution in [0.1, 0.15) is 18.4 Å². The van der Waals surface area contributed by atoms with Crippen LogP contribution < -0.4 is 4.74 Å². The zero-order valence-electron chi connectivity index (χ0n) is 9.67. The highest BCUT2D eigenvalue weighted by molar-refractivity contribution is 7.92. The van der Waals surface area contributed by atoms with Gasteiger partial charge in [0, 0.05) is 12.5 Å². The molecule has 1 aliphatic rings. The van der Waals surface area contributed by atoms with Crippen LogP contribution in [0, 0.1) is 0 Å². The Hall–Kier alpha value is -1.07. The molecule has 1 heterocycles. The van der Waals surface area contributed by atoms with Gasteiger partial charge in [0.25, 0.3) is 0 Å². The summed E-state index contributed by atoms with van der Waals surface area (Å²) in [7, 11) is -2.86. The molecule has 1 aromatic rings. The second kappa shape index (κ2) is 4.66. The topological polar surface area (TPSA) is 63.6 Å². The Morgan fingerprint density at radius 3 is 2.65 bits per heavy atom. The van der Waals surface area contributed by atoms with E-state index in [9.17, 15) is 8.42 Å². The molecule has 1 saturated heterocycles. The molecule has 1 aromatic carbocycles. The van der Waals surface area contributed by atoms with Crippen molar-refractivity contribution in [1.29, 1.82) is 0 Å². The SMILES string of the molecule is CC(CO)c1ccccc1OC1CS(=O)(=O)C1. The summed E-state index contributed by atoms with van der Waals surface area (Å²) in [5.41, 5.74) is 0.916. The van der Waals surface area contributed by atoms with Gasteiger partial charge in [-0.3, -0.25) is 0 Å². The Labute approximate surface area is 101 Å². The van der Waals surface area contributed by atoms with Crippen molar-refractivity contribution >= 4 is 9.84 Å². The van der Waals surface area contributed by atoms with E-state index in [1.54, 1.807) is 0 Å². The fourth-order valence-corrected chi connectivity index (χ4v) is 3.03. The maximum Gasteiger partial charge on any atom is 0.157 e. The van der Waals surface area contributed by atoms with Gasteiger partial charge in [-0.05, 0) is 11.6 Å². The normalized spacial score (nSPS) is 20.6. The molecule has 4 nitrogen and oxygen atoms in total. The zero-order chi connectivity index (χ0) is 12.5. The van der Waals surface area contributed by atoms with Gasteiger partial charge in [-0.25, -0.2) is 8.42 Å². The summed E-state index contributed by atoms with van der Waals surface area (Å²) in [4.78, 5) is 0. The highest BCUT2D eigenvalue weighted by Gasteiger charge is 2.35. The van der Waals surface area contributed by atoms with Crippen LogP contribution in [0.4, 0.5) is 0 Å². The van der Waals surface area contributed by atoms with Crippen LogP contribution in [0.5, 0.6) is 5.75 Å². The molecule has 0 aliphatic carbocycles. The largest absolute Gasteiger partial charge is 0.488 e. The van der Waals surface area contributed by atoms with E-state index in [-0.39, 0.29) is 30.1 Å². The van der Waals surface area contributed by atoms with Crippen LogP contribution in [0.15, 0.2) is 24.3 Å². The van der Waals surface area contributed by atoms with E-state index in [0.29, 0.717) is 5.75 Å². The van der Waals surface area contributed by atoms with Crippen molar-refractivity contribution in [3.63, 3.8) is 0 Å². The molecule has 0 radical (unpaired) electrons. The van der Waals surface area contributed by atoms with E-state index in [0.717, 1.165) is 5.56 Å². The van der Waals surface area contributed by atoms with Crippen LogP contribution >= 0.6 is 0 Å². The van der Waals surface area contributed by atoms with Gasteiger partial charge >= 0.3 is 0 Å². The third kappa shape index (κ3) is 2.79. The predicted octanol–water partition coefficient (Wildman–Crippen LogP) is 0.958. The maximum atomic E-state index is 11.0. The van der Waals surface area contributed by atoms with Gasteiger partial charge in [0.1, 0.15) is 11.9 Å². The number of aliphatic hydroxyl groups excluding tert-OH is 1. The Balaban J connectivity index is 2.11. The Kier molecular flexibility index (Phi) is 3.40. The lowest BCUT2D eigenvalue weighted by Gasteiger charge is -2.28. The predicted molar refractivity (Wildman–Crippen MR) is 65.0 cm³/mol. The monoisotopic (exact) mass is 256 g/mol. The van der Waals surface area contributed by atoms with Gasteiger partial charge in [-0.1, -0.05) is 25.1 Å². The van der Waals surface area contributed by atoms with E-state index in [1.807, 2.05) is 31.2 Å². The highest BCUT2D eigenvalue weighted by Crippen LogP contribution is 2.28. The summed E-state index contributed by atoms with van der Waals surface area (Å²) >= 11 is 0. The second-order valence-corrected chi connectivity index (χ2v) is 6.59. The average molecular weight is 256 g/mol. The molecule has 1 atom stereocenters. The Morgan fingerprint density at radius 2 is 2.06 bits per heavy atom. The first-order chi connectivity index (χ1) is 8.02. The molecule has 94 valence electrons. The molecule has 1 fully saturated rings. The second-order valence-electron chi connectivity index (χ2n) is 4.44. The summed E-state index contributed by atoms with van der Waals surface area (Å²) < 4.78 is 27.7. The minimum Gasteiger partial charge on any atom is -0.488 e. The van der Waals surface area contributed by atoms with Crippen LogP contribution in [0.25, 0.3) is 0 Å². The maximum absolute atomic E-state index is 11.0. The standard InChI is InChI=1S/C12H16O4S/c1-9(6-13)11-4-2-3-5-12(11)16-10-7-17(14,15)8-10/h2-5,9-10,13H,6-8H2,1H3. The van der Waals surface area contributed by atoms with E-state index in [4.69, 9.17) is 9.84 Å². The Morgan fingerprint density at radius 1 is 1.41 bits per heavy atom. The molecule has 1 unspecified atom stereocenters. The van der Waals surface area contributed by atoms with Crippen LogP contribution in [-0.2, 0) is 9.84 Å². The molecule has 0 spiro atoms. The molecule has 5 heteroatoms. The third-order valence-corrected chi connectivity index (χ3v) is 4.66. The number of ether oxygens (including phenoxy) is 1. The lowest BCUT2D eigenvalue weighted by molar-refractivity contribution is 0.221. The molecular formula is C12H16O4S. The molecule has 0 saturated carbocycles. The third-order valence-electron chi connectivity index (χ3n) is 2.90. The van der Waals surface area contributed by atoms with Crippen LogP contribution in [0.3, 0.4) is 0 Å². The summed E-state index contributed by atoms with van der Waals surface area (Å²) in [5.74, 6) is 0.848. The molecule has 0 bridgehead atoms. The number of para-hydroxylation sites is 1. The fourth-order valence-electron chi connectivity index (χ4n) is 1.86. The number of aliphatic hydroxyl groups is 1. The fraction of sp³-hybridized carbons (Fsp3) is 0.500. The molecule has 1 aliphatic heterocycles. The average Bonchev–Trinajstić information content (AvgIpc) is 2.26. The van der Waals surface area contributed by atoms with E-state index in [1.165, 1.54) is 0 Å². The molecule has 17 heavy (non-hydrogen) atoms. The van der Waals surface area contributed by atoms with Crippen LogP contribution in [-0.4, -0.2) is 37.7 Å². The van der Waals surface area contributed by atoms with Crippen molar-refractivity contribution in [2.45, 2.75) is 18.9 Å². The van der Waals surface area contributed by atoms with Crippen molar-refractivity contribution in [3.05, 3.63) is 29.8 Å². The number of hydrogen-bond acceptors (Lipinski definition) is 4. The van der Waals surface area contributed by atoms with E-state index in [2.05, 4.69) is 0 Å². The van der Waals surface area contributed by atoms with Crippen molar-refractivity contribution in [2.24, 2.45) is 0 Å². The van der Waals surface area contributed by atoms with Gasteiger partial charge in [0.2, 0.25) is 0 Å². The molecule has 0 amide bonds. The van der Waals surface area contributed by atoms with Gasteiger partial charge in [0.05, 0.1) is 11.5 Å². The van der Waals surface area contributed by atoms with Gasteiger partial charge in [-0.2, -0.15) is 0 Å². The molecule has 1 N–H and O–H groups in total. The minimum atomic E-state index is -2.86. The van der Waals surface area contributed by atoms with Crippen LogP contribution in [0.2, 0.25) is 0 Å². The molecule has 2 rings (SSSR count). The van der Waals surface area contributed by atoms with Crippen molar-refractivity contribution in [3.8, 4) is 5.75 Å². The van der Waals surface area contributed by atoms with Crippen molar-refractivity contribution in [2.75, 3.05) is 18.1 Å². The first kappa shape index (κ1) is 12.4. The molecule has 0 aromatic heterocycles. The summed E-state index contributed by atoms with van der Waals surface area (Å²) in [6.45, 7) is 1.95. The number of benzene rings is 1. The van der Waals surface area contributed by atoms with Crippen molar-refractivity contribution < 1.29 is 18.3 Å². The number of sulfone groups is 1. The smallest absolute Gasteiger partial charge is 0.157 e. The van der Waals surface area contributed by atoms with Gasteiger partial charge in [-0.15, -0.1) is 0 Å². The van der Waals surface area contributed by atoms with E-state index < -0.39 is 9.84 Å². The summed E-state index contributed by atoms with van der Waals surface area (Å²) in [6.07, 6.45) is -0.243. The zero-order valence-corrected chi connectivity index (χ0v) is 10.5. The number of rotatable bonds is 4. The molecular weight excluding hydrogens is 240 g/mol. The minimum absolute atomic E-state index is 0.0112. The summed E-state index contributed by atoms with van der Waals surface area (Å²) in [6, 6.07) is 7.43. The van der Waals surface area contributed by atoms with Gasteiger partial charge in [0.15, 0.2) is 9.84 Å². The first-order valence-electron chi connectivity index (χ1n) is 5.58. The van der Waals surface area contributed by atoms with Gasteiger partial charge < -0.3 is 9.84 Å².